The maximum Gasteiger partial charge on any atom is 0.137 e. The van der Waals surface area contributed by atoms with Crippen molar-refractivity contribution in [1.29, 1.82) is 0 Å². The molecule has 0 amide bonds. The van der Waals surface area contributed by atoms with Crippen LogP contribution in [0.1, 0.15) is 17.9 Å². The van der Waals surface area contributed by atoms with E-state index in [-0.39, 0.29) is 0 Å². The van der Waals surface area contributed by atoms with Gasteiger partial charge in [-0.1, -0.05) is 0 Å². The zero-order valence-electron chi connectivity index (χ0n) is 9.57. The number of nitrogens with one attached hydrogen (secondary N) is 2. The number of aryl methyl sites for hydroxylation is 2. The Kier molecular flexibility index (Phi) is 4.08. The van der Waals surface area contributed by atoms with Crippen molar-refractivity contribution in [2.45, 2.75) is 19.8 Å². The molecule has 17 heavy (non-hydrogen) atoms. The molecule has 0 unspecified atom stereocenters. The average Bonchev–Trinajstić information content (AvgIpc) is 2.82. The van der Waals surface area contributed by atoms with Gasteiger partial charge in [-0.2, -0.15) is 5.10 Å². The molecule has 0 atom stereocenters. The summed E-state index contributed by atoms with van der Waals surface area (Å²) in [6, 6.07) is 3.96. The van der Waals surface area contributed by atoms with Crippen LogP contribution in [0.5, 0.6) is 0 Å². The molecule has 0 saturated heterocycles. The fourth-order valence-corrected chi connectivity index (χ4v) is 1.69. The molecular formula is C11H14BrN5. The molecule has 0 fully saturated rings. The van der Waals surface area contributed by atoms with Crippen LogP contribution in [0.25, 0.3) is 0 Å². The summed E-state index contributed by atoms with van der Waals surface area (Å²) in [5.74, 6) is 1.83. The Balaban J connectivity index is 1.76. The first kappa shape index (κ1) is 12.0. The van der Waals surface area contributed by atoms with E-state index in [0.29, 0.717) is 0 Å². The predicted molar refractivity (Wildman–Crippen MR) is 69.9 cm³/mol. The van der Waals surface area contributed by atoms with E-state index >= 15 is 0 Å². The van der Waals surface area contributed by atoms with E-state index in [9.17, 15) is 0 Å². The number of hydrogen-bond donors (Lipinski definition) is 2. The first-order valence-electron chi connectivity index (χ1n) is 5.47. The summed E-state index contributed by atoms with van der Waals surface area (Å²) < 4.78 is 1.03. The van der Waals surface area contributed by atoms with Crippen molar-refractivity contribution in [3.05, 3.63) is 34.5 Å². The molecule has 0 saturated carbocycles. The number of halogens is 1. The minimum Gasteiger partial charge on any atom is -0.370 e. The monoisotopic (exact) mass is 295 g/mol. The standard InChI is InChI=1S/C11H14BrN5/c1-8-9(12)4-5-10(16-8)13-6-2-3-11-14-7-15-17-11/h4-5,7H,2-3,6H2,1H3,(H,13,16)(H,14,15,17). The zero-order chi connectivity index (χ0) is 12.1. The van der Waals surface area contributed by atoms with Crippen LogP contribution in [-0.2, 0) is 6.42 Å². The van der Waals surface area contributed by atoms with E-state index in [4.69, 9.17) is 0 Å². The smallest absolute Gasteiger partial charge is 0.137 e. The van der Waals surface area contributed by atoms with Crippen molar-refractivity contribution in [3.63, 3.8) is 0 Å². The number of H-pyrrole nitrogens is 1. The fourth-order valence-electron chi connectivity index (χ4n) is 1.47. The van der Waals surface area contributed by atoms with Gasteiger partial charge in [0, 0.05) is 17.4 Å². The van der Waals surface area contributed by atoms with E-state index in [1.807, 2.05) is 19.1 Å². The Labute approximate surface area is 108 Å². The molecule has 2 aromatic heterocycles. The summed E-state index contributed by atoms with van der Waals surface area (Å²) in [5, 5.41) is 9.93. The van der Waals surface area contributed by atoms with Gasteiger partial charge in [0.05, 0.1) is 5.69 Å². The van der Waals surface area contributed by atoms with Crippen molar-refractivity contribution < 1.29 is 0 Å². The maximum absolute atomic E-state index is 4.41. The number of nitrogens with zero attached hydrogens (tertiary/aromatic N) is 3. The van der Waals surface area contributed by atoms with Crippen LogP contribution in [0.15, 0.2) is 22.9 Å². The quantitative estimate of drug-likeness (QED) is 0.831. The van der Waals surface area contributed by atoms with Crippen LogP contribution in [0.2, 0.25) is 0 Å². The molecule has 0 aromatic carbocycles. The van der Waals surface area contributed by atoms with Crippen LogP contribution < -0.4 is 5.32 Å². The van der Waals surface area contributed by atoms with Gasteiger partial charge in [-0.05, 0) is 41.4 Å². The van der Waals surface area contributed by atoms with Gasteiger partial charge in [0.1, 0.15) is 18.0 Å². The van der Waals surface area contributed by atoms with Crippen LogP contribution in [-0.4, -0.2) is 26.7 Å². The topological polar surface area (TPSA) is 66.5 Å². The average molecular weight is 296 g/mol. The Hall–Kier alpha value is -1.43. The molecule has 2 N–H and O–H groups in total. The highest BCUT2D eigenvalue weighted by Gasteiger charge is 1.99. The number of hydrogen-bond acceptors (Lipinski definition) is 4. The van der Waals surface area contributed by atoms with Crippen LogP contribution in [0, 0.1) is 6.92 Å². The highest BCUT2D eigenvalue weighted by molar-refractivity contribution is 9.10. The second kappa shape index (κ2) is 5.77. The van der Waals surface area contributed by atoms with Crippen LogP contribution in [0.3, 0.4) is 0 Å². The minimum absolute atomic E-state index is 0.870. The van der Waals surface area contributed by atoms with E-state index in [0.717, 1.165) is 41.2 Å². The lowest BCUT2D eigenvalue weighted by Crippen LogP contribution is -2.05. The first-order chi connectivity index (χ1) is 8.25. The summed E-state index contributed by atoms with van der Waals surface area (Å²) >= 11 is 3.43. The van der Waals surface area contributed by atoms with E-state index < -0.39 is 0 Å². The van der Waals surface area contributed by atoms with Gasteiger partial charge < -0.3 is 5.32 Å². The van der Waals surface area contributed by atoms with Gasteiger partial charge in [-0.3, -0.25) is 5.10 Å². The molecule has 0 spiro atoms. The molecule has 2 rings (SSSR count). The van der Waals surface area contributed by atoms with E-state index in [1.54, 1.807) is 0 Å². The number of aromatic amines is 1. The molecule has 90 valence electrons. The highest BCUT2D eigenvalue weighted by Crippen LogP contribution is 2.16. The highest BCUT2D eigenvalue weighted by atomic mass is 79.9. The molecule has 5 nitrogen and oxygen atoms in total. The molecule has 2 aromatic rings. The second-order valence-corrected chi connectivity index (χ2v) is 4.58. The lowest BCUT2D eigenvalue weighted by molar-refractivity contribution is 0.803. The normalized spacial score (nSPS) is 10.5. The Bertz CT molecular complexity index is 469. The van der Waals surface area contributed by atoms with Crippen molar-refractivity contribution >= 4 is 21.7 Å². The lowest BCUT2D eigenvalue weighted by Gasteiger charge is -2.06. The Morgan fingerprint density at radius 3 is 3.00 bits per heavy atom. The van der Waals surface area contributed by atoms with Crippen LogP contribution >= 0.6 is 15.9 Å². The van der Waals surface area contributed by atoms with Gasteiger partial charge in [0.15, 0.2) is 0 Å². The number of aromatic nitrogens is 4. The zero-order valence-corrected chi connectivity index (χ0v) is 11.2. The lowest BCUT2D eigenvalue weighted by atomic mass is 10.3. The second-order valence-electron chi connectivity index (χ2n) is 3.73. The molecular weight excluding hydrogens is 282 g/mol. The summed E-state index contributed by atoms with van der Waals surface area (Å²) in [7, 11) is 0. The number of rotatable bonds is 5. The van der Waals surface area contributed by atoms with Crippen molar-refractivity contribution in [2.75, 3.05) is 11.9 Å². The predicted octanol–water partition coefficient (Wildman–Crippen LogP) is 2.32. The van der Waals surface area contributed by atoms with E-state index in [2.05, 4.69) is 41.4 Å². The molecule has 0 radical (unpaired) electrons. The third-order valence-electron chi connectivity index (χ3n) is 2.38. The van der Waals surface area contributed by atoms with Gasteiger partial charge in [0.2, 0.25) is 0 Å². The SMILES string of the molecule is Cc1nc(NCCCc2ncn[nH]2)ccc1Br. The summed E-state index contributed by atoms with van der Waals surface area (Å²) in [5.41, 5.74) is 0.991. The maximum atomic E-state index is 4.41. The van der Waals surface area contributed by atoms with Crippen LogP contribution in [0.4, 0.5) is 5.82 Å². The fraction of sp³-hybridized carbons (Fsp3) is 0.364. The third kappa shape index (κ3) is 3.52. The number of anilines is 1. The molecule has 0 aliphatic rings. The van der Waals surface area contributed by atoms with Crippen molar-refractivity contribution in [1.82, 2.24) is 20.2 Å². The molecule has 0 aliphatic heterocycles. The summed E-state index contributed by atoms with van der Waals surface area (Å²) in [6.07, 6.45) is 3.41. The van der Waals surface area contributed by atoms with Gasteiger partial charge >= 0.3 is 0 Å². The third-order valence-corrected chi connectivity index (χ3v) is 3.22. The van der Waals surface area contributed by atoms with Crippen molar-refractivity contribution in [3.8, 4) is 0 Å². The largest absolute Gasteiger partial charge is 0.370 e. The van der Waals surface area contributed by atoms with E-state index in [1.165, 1.54) is 6.33 Å². The van der Waals surface area contributed by atoms with Crippen molar-refractivity contribution in [2.24, 2.45) is 0 Å². The summed E-state index contributed by atoms with van der Waals surface area (Å²) in [6.45, 7) is 2.85. The Morgan fingerprint density at radius 2 is 2.29 bits per heavy atom. The van der Waals surface area contributed by atoms with Gasteiger partial charge in [0.25, 0.3) is 0 Å². The minimum atomic E-state index is 0.870. The molecule has 6 heteroatoms. The molecule has 0 aliphatic carbocycles. The first-order valence-corrected chi connectivity index (χ1v) is 6.26. The molecule has 2 heterocycles. The molecule has 0 bridgehead atoms. The van der Waals surface area contributed by atoms with Gasteiger partial charge in [-0.25, -0.2) is 9.97 Å². The number of pyridine rings is 1. The summed E-state index contributed by atoms with van der Waals surface area (Å²) in [4.78, 5) is 8.48. The van der Waals surface area contributed by atoms with Gasteiger partial charge in [-0.15, -0.1) is 0 Å². The Morgan fingerprint density at radius 1 is 1.41 bits per heavy atom.